The summed E-state index contributed by atoms with van der Waals surface area (Å²) in [5.41, 5.74) is 0.888. The van der Waals surface area contributed by atoms with Crippen molar-refractivity contribution in [2.45, 2.75) is 11.4 Å². The van der Waals surface area contributed by atoms with Crippen LogP contribution in [0.1, 0.15) is 5.01 Å². The summed E-state index contributed by atoms with van der Waals surface area (Å²) in [6.07, 6.45) is 0. The highest BCUT2D eigenvalue weighted by atomic mass is 79.9. The minimum atomic E-state index is -3.53. The first-order valence-electron chi connectivity index (χ1n) is 6.14. The van der Waals surface area contributed by atoms with E-state index >= 15 is 0 Å². The molecule has 0 spiro atoms. The van der Waals surface area contributed by atoms with E-state index in [1.54, 1.807) is 24.3 Å². The maximum absolute atomic E-state index is 12.2. The minimum absolute atomic E-state index is 0.189. The number of fused-ring (bicyclic) bond motifs is 1. The predicted molar refractivity (Wildman–Crippen MR) is 87.8 cm³/mol. The van der Waals surface area contributed by atoms with Crippen molar-refractivity contribution >= 4 is 47.5 Å². The number of benzene rings is 2. The lowest BCUT2D eigenvalue weighted by atomic mass is 10.3. The Bertz CT molecular complexity index is 858. The van der Waals surface area contributed by atoms with Crippen molar-refractivity contribution < 1.29 is 8.42 Å². The number of halogens is 1. The van der Waals surface area contributed by atoms with Gasteiger partial charge in [0.25, 0.3) is 0 Å². The molecule has 1 aromatic heterocycles. The molecule has 0 saturated carbocycles. The smallest absolute Gasteiger partial charge is 0.240 e. The van der Waals surface area contributed by atoms with Crippen molar-refractivity contribution in [2.24, 2.45) is 0 Å². The van der Waals surface area contributed by atoms with Crippen LogP contribution in [0.3, 0.4) is 0 Å². The molecule has 3 rings (SSSR count). The highest BCUT2D eigenvalue weighted by Gasteiger charge is 2.15. The highest BCUT2D eigenvalue weighted by Crippen LogP contribution is 2.22. The zero-order valence-electron chi connectivity index (χ0n) is 10.8. The van der Waals surface area contributed by atoms with Crippen LogP contribution in [0.2, 0.25) is 0 Å². The Labute approximate surface area is 135 Å². The molecule has 0 aliphatic rings. The molecule has 0 amide bonds. The van der Waals surface area contributed by atoms with Crippen LogP contribution in [-0.4, -0.2) is 13.4 Å². The van der Waals surface area contributed by atoms with Gasteiger partial charge in [0.2, 0.25) is 10.0 Å². The molecule has 0 fully saturated rings. The lowest BCUT2D eigenvalue weighted by molar-refractivity contribution is 0.581. The van der Waals surface area contributed by atoms with Gasteiger partial charge in [-0.1, -0.05) is 34.1 Å². The summed E-state index contributed by atoms with van der Waals surface area (Å²) in [5.74, 6) is 0. The second-order valence-corrected chi connectivity index (χ2v) is 8.16. The molecule has 4 nitrogen and oxygen atoms in total. The zero-order chi connectivity index (χ0) is 14.9. The van der Waals surface area contributed by atoms with Gasteiger partial charge in [-0.15, -0.1) is 11.3 Å². The van der Waals surface area contributed by atoms with Crippen molar-refractivity contribution in [1.82, 2.24) is 9.71 Å². The Kier molecular flexibility index (Phi) is 4.08. The van der Waals surface area contributed by atoms with E-state index in [0.29, 0.717) is 0 Å². The van der Waals surface area contributed by atoms with Crippen LogP contribution in [-0.2, 0) is 16.6 Å². The largest absolute Gasteiger partial charge is 0.240 e. The molecule has 21 heavy (non-hydrogen) atoms. The summed E-state index contributed by atoms with van der Waals surface area (Å²) < 4.78 is 28.8. The molecule has 7 heteroatoms. The molecule has 0 bridgehead atoms. The Balaban J connectivity index is 1.80. The number of hydrogen-bond donors (Lipinski definition) is 1. The third-order valence-electron chi connectivity index (χ3n) is 2.86. The lowest BCUT2D eigenvalue weighted by Gasteiger charge is -2.05. The summed E-state index contributed by atoms with van der Waals surface area (Å²) in [4.78, 5) is 4.64. The number of aromatic nitrogens is 1. The van der Waals surface area contributed by atoms with Gasteiger partial charge >= 0.3 is 0 Å². The normalized spacial score (nSPS) is 11.9. The van der Waals surface area contributed by atoms with E-state index in [9.17, 15) is 8.42 Å². The van der Waals surface area contributed by atoms with E-state index in [4.69, 9.17) is 0 Å². The Morgan fingerprint density at radius 1 is 1.14 bits per heavy atom. The molecule has 0 radical (unpaired) electrons. The van der Waals surface area contributed by atoms with Crippen LogP contribution in [0.4, 0.5) is 0 Å². The van der Waals surface area contributed by atoms with Crippen LogP contribution in [0, 0.1) is 0 Å². The summed E-state index contributed by atoms with van der Waals surface area (Å²) >= 11 is 4.76. The first-order valence-corrected chi connectivity index (χ1v) is 9.23. The van der Waals surface area contributed by atoms with Crippen molar-refractivity contribution in [3.63, 3.8) is 0 Å². The van der Waals surface area contributed by atoms with Crippen LogP contribution >= 0.6 is 27.3 Å². The molecule has 0 unspecified atom stereocenters. The molecule has 3 aromatic rings. The fourth-order valence-corrected chi connectivity index (χ4v) is 4.45. The van der Waals surface area contributed by atoms with Gasteiger partial charge in [-0.2, -0.15) is 0 Å². The number of nitrogens with one attached hydrogen (secondary N) is 1. The number of nitrogens with zero attached hydrogens (tertiary/aromatic N) is 1. The van der Waals surface area contributed by atoms with Crippen LogP contribution in [0.5, 0.6) is 0 Å². The van der Waals surface area contributed by atoms with Gasteiger partial charge in [0.05, 0.1) is 21.7 Å². The second kappa shape index (κ2) is 5.84. The monoisotopic (exact) mass is 382 g/mol. The Hall–Kier alpha value is -1.28. The fraction of sp³-hybridized carbons (Fsp3) is 0.0714. The van der Waals surface area contributed by atoms with Gasteiger partial charge in [-0.25, -0.2) is 18.1 Å². The first kappa shape index (κ1) is 14.6. The predicted octanol–water partition coefficient (Wildman–Crippen LogP) is 3.54. The summed E-state index contributed by atoms with van der Waals surface area (Å²) in [7, 11) is -3.53. The standard InChI is InChI=1S/C14H11BrN2O2S2/c15-10-4-3-5-11(8-10)21(18,19)16-9-14-17-12-6-1-2-7-13(12)20-14/h1-8,16H,9H2. The molecule has 0 atom stereocenters. The molecule has 1 heterocycles. The molecule has 0 saturated heterocycles. The second-order valence-electron chi connectivity index (χ2n) is 4.36. The number of rotatable bonds is 4. The average molecular weight is 383 g/mol. The third kappa shape index (κ3) is 3.32. The molecule has 2 aromatic carbocycles. The summed E-state index contributed by atoms with van der Waals surface area (Å²) in [5, 5.41) is 0.745. The van der Waals surface area contributed by atoms with E-state index in [-0.39, 0.29) is 11.4 Å². The van der Waals surface area contributed by atoms with Gasteiger partial charge in [0.15, 0.2) is 0 Å². The van der Waals surface area contributed by atoms with Gasteiger partial charge in [0.1, 0.15) is 5.01 Å². The van der Waals surface area contributed by atoms with Crippen molar-refractivity contribution in [1.29, 1.82) is 0 Å². The van der Waals surface area contributed by atoms with E-state index < -0.39 is 10.0 Å². The number of hydrogen-bond acceptors (Lipinski definition) is 4. The number of para-hydroxylation sites is 1. The average Bonchev–Trinajstić information content (AvgIpc) is 2.88. The van der Waals surface area contributed by atoms with Crippen molar-refractivity contribution in [3.8, 4) is 0 Å². The van der Waals surface area contributed by atoms with Crippen molar-refractivity contribution in [2.75, 3.05) is 0 Å². The molecular weight excluding hydrogens is 372 g/mol. The van der Waals surface area contributed by atoms with Crippen LogP contribution in [0.25, 0.3) is 10.2 Å². The van der Waals surface area contributed by atoms with Gasteiger partial charge in [0, 0.05) is 4.47 Å². The zero-order valence-corrected chi connectivity index (χ0v) is 14.0. The quantitative estimate of drug-likeness (QED) is 0.750. The van der Waals surface area contributed by atoms with Gasteiger partial charge in [-0.3, -0.25) is 0 Å². The topological polar surface area (TPSA) is 59.1 Å². The molecular formula is C14H11BrN2O2S2. The van der Waals surface area contributed by atoms with E-state index in [2.05, 4.69) is 25.6 Å². The Morgan fingerprint density at radius 3 is 2.71 bits per heavy atom. The van der Waals surface area contributed by atoms with Gasteiger partial charge in [-0.05, 0) is 30.3 Å². The lowest BCUT2D eigenvalue weighted by Crippen LogP contribution is -2.23. The molecule has 0 aliphatic heterocycles. The third-order valence-corrected chi connectivity index (χ3v) is 5.79. The van der Waals surface area contributed by atoms with Crippen LogP contribution in [0.15, 0.2) is 57.9 Å². The summed E-state index contributed by atoms with van der Waals surface area (Å²) in [6.45, 7) is 0.189. The molecule has 108 valence electrons. The maximum Gasteiger partial charge on any atom is 0.240 e. The SMILES string of the molecule is O=S(=O)(NCc1nc2ccccc2s1)c1cccc(Br)c1. The van der Waals surface area contributed by atoms with E-state index in [0.717, 1.165) is 19.7 Å². The number of sulfonamides is 1. The molecule has 1 N–H and O–H groups in total. The molecule has 0 aliphatic carbocycles. The maximum atomic E-state index is 12.2. The van der Waals surface area contributed by atoms with E-state index in [1.807, 2.05) is 24.3 Å². The first-order chi connectivity index (χ1) is 10.0. The fourth-order valence-electron chi connectivity index (χ4n) is 1.87. The Morgan fingerprint density at radius 2 is 1.95 bits per heavy atom. The highest BCUT2D eigenvalue weighted by molar-refractivity contribution is 9.10. The minimum Gasteiger partial charge on any atom is -0.240 e. The van der Waals surface area contributed by atoms with Gasteiger partial charge < -0.3 is 0 Å². The summed E-state index contributed by atoms with van der Waals surface area (Å²) in [6, 6.07) is 14.3. The van der Waals surface area contributed by atoms with Crippen molar-refractivity contribution in [3.05, 3.63) is 58.0 Å². The van der Waals surface area contributed by atoms with Crippen LogP contribution < -0.4 is 4.72 Å². The van der Waals surface area contributed by atoms with E-state index in [1.165, 1.54) is 11.3 Å². The number of thiazole rings is 1.